The average Bonchev–Trinajstić information content (AvgIpc) is 2.83. The van der Waals surface area contributed by atoms with Crippen LogP contribution in [0.25, 0.3) is 10.9 Å². The summed E-state index contributed by atoms with van der Waals surface area (Å²) in [6.07, 6.45) is 4.31. The summed E-state index contributed by atoms with van der Waals surface area (Å²) in [6.45, 7) is 5.10. The highest BCUT2D eigenvalue weighted by atomic mass is 16.5. The van der Waals surface area contributed by atoms with Crippen LogP contribution < -0.4 is 0 Å². The number of fused-ring (bicyclic) bond motifs is 1. The zero-order chi connectivity index (χ0) is 13.1. The second-order valence-corrected chi connectivity index (χ2v) is 5.18. The highest BCUT2D eigenvalue weighted by Crippen LogP contribution is 2.19. The van der Waals surface area contributed by atoms with E-state index in [0.717, 1.165) is 32.7 Å². The van der Waals surface area contributed by atoms with E-state index in [1.54, 1.807) is 0 Å². The largest absolute Gasteiger partial charge is 0.379 e. The van der Waals surface area contributed by atoms with E-state index in [1.165, 1.54) is 29.4 Å². The lowest BCUT2D eigenvalue weighted by Gasteiger charge is -2.26. The Balaban J connectivity index is 1.62. The molecule has 0 radical (unpaired) electrons. The molecule has 1 fully saturated rings. The fraction of sp³-hybridized carbons (Fsp3) is 0.533. The van der Waals surface area contributed by atoms with Crippen molar-refractivity contribution in [2.24, 2.45) is 7.05 Å². The van der Waals surface area contributed by atoms with Gasteiger partial charge in [0.2, 0.25) is 0 Å². The van der Waals surface area contributed by atoms with Crippen molar-refractivity contribution in [3.63, 3.8) is 0 Å². The second kappa shape index (κ2) is 5.72. The maximum Gasteiger partial charge on any atom is 0.0681 e. The molecule has 0 saturated carbocycles. The van der Waals surface area contributed by atoms with Gasteiger partial charge in [0.15, 0.2) is 0 Å². The van der Waals surface area contributed by atoms with Crippen LogP contribution in [-0.2, 0) is 18.2 Å². The van der Waals surface area contributed by atoms with Crippen molar-refractivity contribution in [3.05, 3.63) is 30.0 Å². The van der Waals surface area contributed by atoms with Crippen LogP contribution in [0, 0.1) is 0 Å². The molecule has 1 aromatic carbocycles. The molecule has 0 bridgehead atoms. The summed E-state index contributed by atoms with van der Waals surface area (Å²) in [5, 5.41) is 5.64. The van der Waals surface area contributed by atoms with Crippen LogP contribution >= 0.6 is 0 Å². The summed E-state index contributed by atoms with van der Waals surface area (Å²) < 4.78 is 7.32. The van der Waals surface area contributed by atoms with Crippen LogP contribution in [0.1, 0.15) is 12.0 Å². The van der Waals surface area contributed by atoms with E-state index in [-0.39, 0.29) is 0 Å². The van der Waals surface area contributed by atoms with Gasteiger partial charge in [-0.15, -0.1) is 0 Å². The molecular formula is C15H21N3O. The zero-order valence-corrected chi connectivity index (χ0v) is 11.5. The fourth-order valence-corrected chi connectivity index (χ4v) is 2.77. The van der Waals surface area contributed by atoms with Gasteiger partial charge in [0.25, 0.3) is 0 Å². The number of ether oxygens (including phenoxy) is 1. The zero-order valence-electron chi connectivity index (χ0n) is 11.5. The van der Waals surface area contributed by atoms with Crippen LogP contribution in [0.4, 0.5) is 0 Å². The molecule has 2 aromatic rings. The summed E-state index contributed by atoms with van der Waals surface area (Å²) in [6, 6.07) is 6.49. The molecule has 0 unspecified atom stereocenters. The van der Waals surface area contributed by atoms with Crippen LogP contribution in [0.2, 0.25) is 0 Å². The molecule has 19 heavy (non-hydrogen) atoms. The van der Waals surface area contributed by atoms with Gasteiger partial charge in [0.05, 0.1) is 24.9 Å². The highest BCUT2D eigenvalue weighted by Gasteiger charge is 2.10. The number of rotatable bonds is 4. The van der Waals surface area contributed by atoms with E-state index < -0.39 is 0 Å². The van der Waals surface area contributed by atoms with E-state index in [1.807, 2.05) is 17.9 Å². The monoisotopic (exact) mass is 259 g/mol. The Kier molecular flexibility index (Phi) is 3.80. The maximum atomic E-state index is 5.37. The van der Waals surface area contributed by atoms with Gasteiger partial charge in [-0.05, 0) is 31.0 Å². The predicted molar refractivity (Wildman–Crippen MR) is 76.3 cm³/mol. The first-order valence-electron chi connectivity index (χ1n) is 7.04. The van der Waals surface area contributed by atoms with Crippen LogP contribution in [-0.4, -0.2) is 47.5 Å². The molecule has 0 amide bonds. The number of benzene rings is 1. The van der Waals surface area contributed by atoms with Crippen molar-refractivity contribution >= 4 is 10.9 Å². The van der Waals surface area contributed by atoms with Gasteiger partial charge < -0.3 is 4.74 Å². The fourth-order valence-electron chi connectivity index (χ4n) is 2.77. The first-order chi connectivity index (χ1) is 9.34. The predicted octanol–water partition coefficient (Wildman–Crippen LogP) is 1.84. The van der Waals surface area contributed by atoms with Crippen molar-refractivity contribution < 1.29 is 4.74 Å². The Morgan fingerprint density at radius 3 is 2.95 bits per heavy atom. The van der Waals surface area contributed by atoms with Crippen molar-refractivity contribution in [2.45, 2.75) is 12.8 Å². The van der Waals surface area contributed by atoms with E-state index in [9.17, 15) is 0 Å². The van der Waals surface area contributed by atoms with Crippen LogP contribution in [0.5, 0.6) is 0 Å². The molecule has 1 aliphatic heterocycles. The molecule has 1 aromatic heterocycles. The van der Waals surface area contributed by atoms with Crippen molar-refractivity contribution in [1.29, 1.82) is 0 Å². The smallest absolute Gasteiger partial charge is 0.0681 e. The molecule has 0 N–H and O–H groups in total. The quantitative estimate of drug-likeness (QED) is 0.839. The van der Waals surface area contributed by atoms with E-state index in [4.69, 9.17) is 4.74 Å². The SMILES string of the molecule is Cn1ncc2c(CCCN3CCOCC3)cccc21. The van der Waals surface area contributed by atoms with Gasteiger partial charge >= 0.3 is 0 Å². The van der Waals surface area contributed by atoms with Gasteiger partial charge in [-0.3, -0.25) is 9.58 Å². The number of hydrogen-bond acceptors (Lipinski definition) is 3. The van der Waals surface area contributed by atoms with E-state index >= 15 is 0 Å². The Morgan fingerprint density at radius 2 is 2.11 bits per heavy atom. The number of morpholine rings is 1. The lowest BCUT2D eigenvalue weighted by Crippen LogP contribution is -2.36. The van der Waals surface area contributed by atoms with Gasteiger partial charge in [-0.1, -0.05) is 12.1 Å². The molecule has 4 heteroatoms. The van der Waals surface area contributed by atoms with Crippen molar-refractivity contribution in [3.8, 4) is 0 Å². The van der Waals surface area contributed by atoms with Gasteiger partial charge in [0, 0.05) is 25.5 Å². The summed E-state index contributed by atoms with van der Waals surface area (Å²) in [5.41, 5.74) is 2.64. The Hall–Kier alpha value is -1.39. The summed E-state index contributed by atoms with van der Waals surface area (Å²) in [4.78, 5) is 2.49. The molecule has 1 aliphatic rings. The Morgan fingerprint density at radius 1 is 1.26 bits per heavy atom. The normalized spacial score (nSPS) is 17.1. The number of nitrogens with zero attached hydrogens (tertiary/aromatic N) is 3. The minimum atomic E-state index is 0.887. The lowest BCUT2D eigenvalue weighted by molar-refractivity contribution is 0.0375. The highest BCUT2D eigenvalue weighted by molar-refractivity contribution is 5.82. The van der Waals surface area contributed by atoms with Gasteiger partial charge in [-0.2, -0.15) is 5.10 Å². The van der Waals surface area contributed by atoms with Gasteiger partial charge in [-0.25, -0.2) is 0 Å². The topological polar surface area (TPSA) is 30.3 Å². The van der Waals surface area contributed by atoms with Crippen LogP contribution in [0.15, 0.2) is 24.4 Å². The molecule has 0 aliphatic carbocycles. The second-order valence-electron chi connectivity index (χ2n) is 5.18. The third-order valence-corrected chi connectivity index (χ3v) is 3.91. The molecule has 3 rings (SSSR count). The first-order valence-corrected chi connectivity index (χ1v) is 7.04. The van der Waals surface area contributed by atoms with Crippen molar-refractivity contribution in [1.82, 2.24) is 14.7 Å². The summed E-state index contributed by atoms with van der Waals surface area (Å²) in [5.74, 6) is 0. The Labute approximate surface area is 114 Å². The summed E-state index contributed by atoms with van der Waals surface area (Å²) >= 11 is 0. The first kappa shape index (κ1) is 12.6. The minimum Gasteiger partial charge on any atom is -0.379 e. The molecule has 1 saturated heterocycles. The van der Waals surface area contributed by atoms with Crippen LogP contribution in [0.3, 0.4) is 0 Å². The van der Waals surface area contributed by atoms with E-state index in [2.05, 4.69) is 28.2 Å². The molecule has 102 valence electrons. The molecular weight excluding hydrogens is 238 g/mol. The van der Waals surface area contributed by atoms with E-state index in [0.29, 0.717) is 0 Å². The minimum absolute atomic E-state index is 0.887. The molecule has 0 spiro atoms. The average molecular weight is 259 g/mol. The molecule has 0 atom stereocenters. The molecule has 4 nitrogen and oxygen atoms in total. The number of aromatic nitrogens is 2. The number of aryl methyl sites for hydroxylation is 2. The third kappa shape index (κ3) is 2.80. The van der Waals surface area contributed by atoms with Gasteiger partial charge in [0.1, 0.15) is 0 Å². The lowest BCUT2D eigenvalue weighted by atomic mass is 10.1. The molecule has 2 heterocycles. The third-order valence-electron chi connectivity index (χ3n) is 3.91. The Bertz CT molecular complexity index is 543. The summed E-state index contributed by atoms with van der Waals surface area (Å²) in [7, 11) is 2.00. The van der Waals surface area contributed by atoms with Crippen molar-refractivity contribution in [2.75, 3.05) is 32.8 Å². The number of hydrogen-bond donors (Lipinski definition) is 0. The standard InChI is InChI=1S/C15H21N3O/c1-17-15-6-2-4-13(14(15)12-16-17)5-3-7-18-8-10-19-11-9-18/h2,4,6,12H,3,5,7-11H2,1H3. The maximum absolute atomic E-state index is 5.37.